The summed E-state index contributed by atoms with van der Waals surface area (Å²) in [5, 5.41) is 0. The van der Waals surface area contributed by atoms with Crippen molar-refractivity contribution in [1.29, 1.82) is 0 Å². The molecule has 1 heterocycles. The van der Waals surface area contributed by atoms with Crippen LogP contribution in [0, 0.1) is 5.92 Å². The summed E-state index contributed by atoms with van der Waals surface area (Å²) in [6.45, 7) is 9.55. The minimum atomic E-state index is 0.00852. The van der Waals surface area contributed by atoms with Gasteiger partial charge in [0.2, 0.25) is 5.91 Å². The summed E-state index contributed by atoms with van der Waals surface area (Å²) in [6, 6.07) is 0. The minimum absolute atomic E-state index is 0.00852. The summed E-state index contributed by atoms with van der Waals surface area (Å²) in [4.78, 5) is 13.2. The molecule has 0 radical (unpaired) electrons. The maximum absolute atomic E-state index is 11.4. The molecule has 0 N–H and O–H groups in total. The Morgan fingerprint density at radius 2 is 2.18 bits per heavy atom. The highest BCUT2D eigenvalue weighted by atomic mass is 16.5. The fourth-order valence-electron chi connectivity index (χ4n) is 2.20. The van der Waals surface area contributed by atoms with Crippen LogP contribution in [0.4, 0.5) is 0 Å². The molecule has 1 rings (SSSR count). The zero-order valence-corrected chi connectivity index (χ0v) is 11.5. The van der Waals surface area contributed by atoms with Gasteiger partial charge in [-0.3, -0.25) is 4.79 Å². The first kappa shape index (κ1) is 14.2. The molecule has 3 nitrogen and oxygen atoms in total. The highest BCUT2D eigenvalue weighted by Crippen LogP contribution is 2.21. The summed E-state index contributed by atoms with van der Waals surface area (Å²) in [6.07, 6.45) is 5.52. The van der Waals surface area contributed by atoms with E-state index < -0.39 is 0 Å². The summed E-state index contributed by atoms with van der Waals surface area (Å²) >= 11 is 0. The Balaban J connectivity index is 2.32. The van der Waals surface area contributed by atoms with E-state index in [0.717, 1.165) is 25.8 Å². The molecular formula is C14H25NO2. The van der Waals surface area contributed by atoms with Gasteiger partial charge in [-0.25, -0.2) is 0 Å². The predicted molar refractivity (Wildman–Crippen MR) is 69.6 cm³/mol. The zero-order chi connectivity index (χ0) is 12.8. The fraction of sp³-hybridized carbons (Fsp3) is 0.786. The Bertz CT molecular complexity index is 282. The largest absolute Gasteiger partial charge is 0.356 e. The number of carbonyl (C=O) groups excluding carboxylic acids is 1. The van der Waals surface area contributed by atoms with E-state index >= 15 is 0 Å². The molecule has 98 valence electrons. The molecule has 0 saturated carbocycles. The van der Waals surface area contributed by atoms with Crippen molar-refractivity contribution in [2.75, 3.05) is 13.2 Å². The van der Waals surface area contributed by atoms with Gasteiger partial charge in [-0.2, -0.15) is 0 Å². The Hall–Kier alpha value is -0.830. The molecule has 1 amide bonds. The van der Waals surface area contributed by atoms with Crippen LogP contribution in [0.25, 0.3) is 0 Å². The summed E-state index contributed by atoms with van der Waals surface area (Å²) in [5.74, 6) is 0.722. The third-order valence-corrected chi connectivity index (χ3v) is 3.21. The van der Waals surface area contributed by atoms with E-state index in [-0.39, 0.29) is 12.1 Å². The molecule has 0 aliphatic carbocycles. The Labute approximate surface area is 105 Å². The van der Waals surface area contributed by atoms with Crippen molar-refractivity contribution in [3.05, 3.63) is 11.6 Å². The summed E-state index contributed by atoms with van der Waals surface area (Å²) < 4.78 is 5.61. The van der Waals surface area contributed by atoms with E-state index in [1.54, 1.807) is 6.92 Å². The topological polar surface area (TPSA) is 29.5 Å². The molecule has 17 heavy (non-hydrogen) atoms. The van der Waals surface area contributed by atoms with Gasteiger partial charge in [-0.05, 0) is 39.0 Å². The van der Waals surface area contributed by atoms with E-state index in [2.05, 4.69) is 26.8 Å². The molecular weight excluding hydrogens is 214 g/mol. The third kappa shape index (κ3) is 4.90. The molecule has 1 saturated heterocycles. The number of nitrogens with zero attached hydrogens (tertiary/aromatic N) is 1. The second kappa shape index (κ2) is 6.80. The molecule has 0 aromatic heterocycles. The van der Waals surface area contributed by atoms with Crippen LogP contribution in [0.2, 0.25) is 0 Å². The molecule has 0 unspecified atom stereocenters. The molecule has 1 aliphatic rings. The van der Waals surface area contributed by atoms with Crippen LogP contribution in [-0.4, -0.2) is 30.2 Å². The Kier molecular flexibility index (Phi) is 5.69. The normalized spacial score (nSPS) is 21.4. The second-order valence-electron chi connectivity index (χ2n) is 5.24. The van der Waals surface area contributed by atoms with Crippen LogP contribution in [0.5, 0.6) is 0 Å². The number of rotatable bonds is 5. The van der Waals surface area contributed by atoms with Crippen LogP contribution in [-0.2, 0) is 9.53 Å². The maximum Gasteiger partial charge on any atom is 0.221 e. The average Bonchev–Trinajstić information content (AvgIpc) is 2.65. The molecule has 2 atom stereocenters. The van der Waals surface area contributed by atoms with E-state index in [0.29, 0.717) is 12.5 Å². The Morgan fingerprint density at radius 3 is 2.76 bits per heavy atom. The van der Waals surface area contributed by atoms with Gasteiger partial charge in [0.1, 0.15) is 6.23 Å². The fourth-order valence-corrected chi connectivity index (χ4v) is 2.20. The Morgan fingerprint density at radius 1 is 1.47 bits per heavy atom. The van der Waals surface area contributed by atoms with E-state index in [1.165, 1.54) is 5.57 Å². The second-order valence-corrected chi connectivity index (χ2v) is 5.24. The number of hydrogen-bond donors (Lipinski definition) is 0. The molecule has 0 bridgehead atoms. The van der Waals surface area contributed by atoms with Gasteiger partial charge in [0.25, 0.3) is 0 Å². The number of ether oxygens (including phenoxy) is 1. The smallest absolute Gasteiger partial charge is 0.221 e. The van der Waals surface area contributed by atoms with Crippen LogP contribution in [0.15, 0.2) is 11.6 Å². The molecule has 3 heteroatoms. The van der Waals surface area contributed by atoms with Gasteiger partial charge in [0.05, 0.1) is 6.61 Å². The van der Waals surface area contributed by atoms with Crippen LogP contribution >= 0.6 is 0 Å². The molecule has 0 aromatic rings. The first-order valence-electron chi connectivity index (χ1n) is 6.53. The lowest BCUT2D eigenvalue weighted by atomic mass is 10.00. The quantitative estimate of drug-likeness (QED) is 0.690. The lowest BCUT2D eigenvalue weighted by Gasteiger charge is -2.24. The minimum Gasteiger partial charge on any atom is -0.356 e. The van der Waals surface area contributed by atoms with Crippen molar-refractivity contribution in [3.63, 3.8) is 0 Å². The number of carbonyl (C=O) groups is 1. The molecule has 1 aliphatic heterocycles. The van der Waals surface area contributed by atoms with Crippen LogP contribution in [0.1, 0.15) is 47.0 Å². The first-order valence-corrected chi connectivity index (χ1v) is 6.53. The van der Waals surface area contributed by atoms with Gasteiger partial charge < -0.3 is 9.64 Å². The molecule has 0 spiro atoms. The lowest BCUT2D eigenvalue weighted by molar-refractivity contribution is -0.134. The van der Waals surface area contributed by atoms with E-state index in [9.17, 15) is 4.79 Å². The monoisotopic (exact) mass is 239 g/mol. The highest BCUT2D eigenvalue weighted by molar-refractivity contribution is 5.73. The maximum atomic E-state index is 11.4. The molecule has 0 aromatic carbocycles. The predicted octanol–water partition coefficient (Wildman–Crippen LogP) is 2.96. The van der Waals surface area contributed by atoms with Crippen molar-refractivity contribution in [3.8, 4) is 0 Å². The lowest BCUT2D eigenvalue weighted by Crippen LogP contribution is -2.35. The number of allylic oxidation sites excluding steroid dienone is 2. The highest BCUT2D eigenvalue weighted by Gasteiger charge is 2.28. The molecule has 1 fully saturated rings. The van der Waals surface area contributed by atoms with Crippen LogP contribution in [0.3, 0.4) is 0 Å². The standard InChI is InChI=1S/C14H25NO2/c1-11(2)6-5-7-12(3)10-14-15(13(4)16)8-9-17-14/h6,12,14H,5,7-10H2,1-4H3/t12-,14-/m1/s1. The van der Waals surface area contributed by atoms with Crippen molar-refractivity contribution in [1.82, 2.24) is 4.90 Å². The first-order chi connectivity index (χ1) is 8.00. The summed E-state index contributed by atoms with van der Waals surface area (Å²) in [5.41, 5.74) is 1.37. The van der Waals surface area contributed by atoms with Crippen molar-refractivity contribution >= 4 is 5.91 Å². The van der Waals surface area contributed by atoms with E-state index in [1.807, 2.05) is 4.90 Å². The van der Waals surface area contributed by atoms with Gasteiger partial charge in [0, 0.05) is 13.5 Å². The number of hydrogen-bond acceptors (Lipinski definition) is 2. The zero-order valence-electron chi connectivity index (χ0n) is 11.5. The van der Waals surface area contributed by atoms with Crippen molar-refractivity contribution in [2.45, 2.75) is 53.2 Å². The van der Waals surface area contributed by atoms with Crippen LogP contribution < -0.4 is 0 Å². The third-order valence-electron chi connectivity index (χ3n) is 3.21. The van der Waals surface area contributed by atoms with E-state index in [4.69, 9.17) is 4.74 Å². The summed E-state index contributed by atoms with van der Waals surface area (Å²) in [7, 11) is 0. The number of amides is 1. The average molecular weight is 239 g/mol. The van der Waals surface area contributed by atoms with Gasteiger partial charge in [-0.1, -0.05) is 18.6 Å². The van der Waals surface area contributed by atoms with Gasteiger partial charge in [0.15, 0.2) is 0 Å². The van der Waals surface area contributed by atoms with Crippen molar-refractivity contribution < 1.29 is 9.53 Å². The SMILES string of the molecule is CC(=O)N1CCO[C@@H]1C[C@H](C)CCC=C(C)C. The van der Waals surface area contributed by atoms with Gasteiger partial charge >= 0.3 is 0 Å². The van der Waals surface area contributed by atoms with Gasteiger partial charge in [-0.15, -0.1) is 0 Å². The van der Waals surface area contributed by atoms with Crippen molar-refractivity contribution in [2.24, 2.45) is 5.92 Å².